The van der Waals surface area contributed by atoms with E-state index in [9.17, 15) is 0 Å². The average molecular weight is 137 g/mol. The molecule has 0 aromatic carbocycles. The highest BCUT2D eigenvalue weighted by atomic mass is 35.5. The summed E-state index contributed by atoms with van der Waals surface area (Å²) in [6, 6.07) is 0.292. The van der Waals surface area contributed by atoms with E-state index >= 15 is 0 Å². The summed E-state index contributed by atoms with van der Waals surface area (Å²) in [7, 11) is 0. The standard InChI is InChI=1S/C6H13ClO/c1-4-6(2,3)8-5-7/h4-5H2,1-3H3. The van der Waals surface area contributed by atoms with Gasteiger partial charge in [-0.3, -0.25) is 0 Å². The minimum Gasteiger partial charge on any atom is -0.360 e. The maximum Gasteiger partial charge on any atom is 0.121 e. The first-order chi connectivity index (χ1) is 3.62. The molecule has 0 aliphatic rings. The Bertz CT molecular complexity index is 61.5. The van der Waals surface area contributed by atoms with E-state index in [0.29, 0.717) is 6.07 Å². The monoisotopic (exact) mass is 136 g/mol. The van der Waals surface area contributed by atoms with Gasteiger partial charge in [-0.25, -0.2) is 0 Å². The maximum atomic E-state index is 5.34. The van der Waals surface area contributed by atoms with Crippen LogP contribution < -0.4 is 0 Å². The highest BCUT2D eigenvalue weighted by Gasteiger charge is 2.13. The van der Waals surface area contributed by atoms with Crippen molar-refractivity contribution in [2.45, 2.75) is 32.8 Å². The van der Waals surface area contributed by atoms with Crippen molar-refractivity contribution in [1.29, 1.82) is 0 Å². The number of hydrogen-bond acceptors (Lipinski definition) is 1. The lowest BCUT2D eigenvalue weighted by atomic mass is 10.1. The Morgan fingerprint density at radius 3 is 2.12 bits per heavy atom. The molecular weight excluding hydrogens is 124 g/mol. The molecule has 0 heterocycles. The summed E-state index contributed by atoms with van der Waals surface area (Å²) in [5.41, 5.74) is -0.0399. The molecule has 0 atom stereocenters. The minimum atomic E-state index is -0.0399. The van der Waals surface area contributed by atoms with E-state index < -0.39 is 0 Å². The summed E-state index contributed by atoms with van der Waals surface area (Å²) in [6.45, 7) is 6.12. The lowest BCUT2D eigenvalue weighted by Crippen LogP contribution is -2.21. The van der Waals surface area contributed by atoms with Crippen LogP contribution in [0.2, 0.25) is 0 Å². The van der Waals surface area contributed by atoms with Crippen LogP contribution in [0.1, 0.15) is 27.2 Å². The van der Waals surface area contributed by atoms with E-state index in [-0.39, 0.29) is 5.60 Å². The molecule has 2 heteroatoms. The van der Waals surface area contributed by atoms with Crippen LogP contribution in [0.3, 0.4) is 0 Å². The molecule has 0 aromatic rings. The second-order valence-electron chi connectivity index (χ2n) is 2.37. The summed E-state index contributed by atoms with van der Waals surface area (Å²) < 4.78 is 5.14. The van der Waals surface area contributed by atoms with E-state index in [1.165, 1.54) is 0 Å². The fourth-order valence-corrected chi connectivity index (χ4v) is 0.545. The first kappa shape index (κ1) is 8.25. The number of rotatable bonds is 3. The molecule has 0 aromatic heterocycles. The number of hydrogen-bond donors (Lipinski definition) is 0. The Labute approximate surface area is 56.0 Å². The highest BCUT2D eigenvalue weighted by Crippen LogP contribution is 2.12. The Morgan fingerprint density at radius 1 is 1.50 bits per heavy atom. The summed E-state index contributed by atoms with van der Waals surface area (Å²) in [5, 5.41) is 0. The second-order valence-corrected chi connectivity index (χ2v) is 2.58. The lowest BCUT2D eigenvalue weighted by Gasteiger charge is -2.21. The lowest BCUT2D eigenvalue weighted by molar-refractivity contribution is 0.00699. The molecule has 0 aliphatic carbocycles. The van der Waals surface area contributed by atoms with Gasteiger partial charge in [0.05, 0.1) is 5.60 Å². The van der Waals surface area contributed by atoms with Gasteiger partial charge in [-0.1, -0.05) is 18.5 Å². The van der Waals surface area contributed by atoms with E-state index in [4.69, 9.17) is 16.3 Å². The minimum absolute atomic E-state index is 0.0399. The van der Waals surface area contributed by atoms with Crippen molar-refractivity contribution in [3.05, 3.63) is 0 Å². The van der Waals surface area contributed by atoms with E-state index in [0.717, 1.165) is 6.42 Å². The average Bonchev–Trinajstić information content (AvgIpc) is 1.67. The fraction of sp³-hybridized carbons (Fsp3) is 1.00. The fourth-order valence-electron chi connectivity index (χ4n) is 0.250. The van der Waals surface area contributed by atoms with Crippen molar-refractivity contribution in [3.8, 4) is 0 Å². The van der Waals surface area contributed by atoms with Gasteiger partial charge >= 0.3 is 0 Å². The quantitative estimate of drug-likeness (QED) is 0.542. The van der Waals surface area contributed by atoms with Crippen molar-refractivity contribution < 1.29 is 4.74 Å². The van der Waals surface area contributed by atoms with Gasteiger partial charge in [0, 0.05) is 0 Å². The van der Waals surface area contributed by atoms with Gasteiger partial charge in [-0.2, -0.15) is 0 Å². The van der Waals surface area contributed by atoms with Crippen molar-refractivity contribution in [1.82, 2.24) is 0 Å². The van der Waals surface area contributed by atoms with Gasteiger partial charge in [0.25, 0.3) is 0 Å². The molecule has 1 nitrogen and oxygen atoms in total. The maximum absolute atomic E-state index is 5.34. The highest BCUT2D eigenvalue weighted by molar-refractivity contribution is 6.17. The molecule has 0 bridgehead atoms. The Hall–Kier alpha value is 0.250. The molecule has 0 spiro atoms. The SMILES string of the molecule is CCC(C)(C)OCCl. The Kier molecular flexibility index (Phi) is 3.41. The summed E-state index contributed by atoms with van der Waals surface area (Å²) in [4.78, 5) is 0. The Balaban J connectivity index is 3.37. The summed E-state index contributed by atoms with van der Waals surface area (Å²) in [6.07, 6.45) is 1.000. The molecular formula is C6H13ClO. The van der Waals surface area contributed by atoms with Gasteiger partial charge in [0.2, 0.25) is 0 Å². The normalized spacial score (nSPS) is 12.0. The third-order valence-electron chi connectivity index (χ3n) is 1.30. The summed E-state index contributed by atoms with van der Waals surface area (Å²) >= 11 is 5.34. The van der Waals surface area contributed by atoms with Gasteiger partial charge in [-0.15, -0.1) is 0 Å². The number of alkyl halides is 1. The van der Waals surface area contributed by atoms with Gasteiger partial charge < -0.3 is 4.74 Å². The van der Waals surface area contributed by atoms with Crippen molar-refractivity contribution in [3.63, 3.8) is 0 Å². The first-order valence-electron chi connectivity index (χ1n) is 2.82. The molecule has 8 heavy (non-hydrogen) atoms. The van der Waals surface area contributed by atoms with E-state index in [2.05, 4.69) is 6.92 Å². The molecule has 0 saturated carbocycles. The molecule has 0 amide bonds. The molecule has 0 unspecified atom stereocenters. The van der Waals surface area contributed by atoms with Gasteiger partial charge in [0.15, 0.2) is 0 Å². The first-order valence-corrected chi connectivity index (χ1v) is 3.36. The van der Waals surface area contributed by atoms with Crippen LogP contribution in [0, 0.1) is 0 Å². The predicted octanol–water partition coefficient (Wildman–Crippen LogP) is 2.39. The number of ether oxygens (including phenoxy) is 1. The molecule has 0 fully saturated rings. The largest absolute Gasteiger partial charge is 0.360 e. The van der Waals surface area contributed by atoms with Crippen molar-refractivity contribution in [2.24, 2.45) is 0 Å². The molecule has 0 radical (unpaired) electrons. The summed E-state index contributed by atoms with van der Waals surface area (Å²) in [5.74, 6) is 0. The zero-order valence-corrected chi connectivity index (χ0v) is 6.46. The molecule has 0 saturated heterocycles. The van der Waals surface area contributed by atoms with Crippen LogP contribution in [-0.2, 0) is 4.74 Å². The van der Waals surface area contributed by atoms with Crippen LogP contribution in [0.15, 0.2) is 0 Å². The third kappa shape index (κ3) is 3.28. The van der Waals surface area contributed by atoms with Crippen LogP contribution >= 0.6 is 11.6 Å². The van der Waals surface area contributed by atoms with E-state index in [1.54, 1.807) is 0 Å². The van der Waals surface area contributed by atoms with Crippen molar-refractivity contribution in [2.75, 3.05) is 6.07 Å². The van der Waals surface area contributed by atoms with Gasteiger partial charge in [0.1, 0.15) is 6.07 Å². The topological polar surface area (TPSA) is 9.23 Å². The zero-order chi connectivity index (χ0) is 6.62. The smallest absolute Gasteiger partial charge is 0.121 e. The molecule has 50 valence electrons. The third-order valence-corrected chi connectivity index (χ3v) is 1.41. The van der Waals surface area contributed by atoms with Crippen molar-refractivity contribution >= 4 is 11.6 Å². The predicted molar refractivity (Wildman–Crippen MR) is 36.2 cm³/mol. The molecule has 0 aliphatic heterocycles. The van der Waals surface area contributed by atoms with Crippen LogP contribution in [0.4, 0.5) is 0 Å². The number of halogens is 1. The van der Waals surface area contributed by atoms with E-state index in [1.807, 2.05) is 13.8 Å². The van der Waals surface area contributed by atoms with Gasteiger partial charge in [-0.05, 0) is 20.3 Å². The second kappa shape index (κ2) is 3.31. The van der Waals surface area contributed by atoms with Crippen LogP contribution in [0.25, 0.3) is 0 Å². The molecule has 0 rings (SSSR count). The van der Waals surface area contributed by atoms with Crippen LogP contribution in [0.5, 0.6) is 0 Å². The molecule has 0 N–H and O–H groups in total. The Morgan fingerprint density at radius 2 is 2.00 bits per heavy atom. The zero-order valence-electron chi connectivity index (χ0n) is 5.70. The van der Waals surface area contributed by atoms with Crippen LogP contribution in [-0.4, -0.2) is 11.7 Å².